The molecule has 0 radical (unpaired) electrons. The Bertz CT molecular complexity index is 2090. The third-order valence-electron chi connectivity index (χ3n) is 8.49. The molecule has 0 saturated carbocycles. The van der Waals surface area contributed by atoms with Gasteiger partial charge in [-0.2, -0.15) is 13.2 Å². The smallest absolute Gasteiger partial charge is 0.392 e. The number of carbonyl (C=O) groups excluding carboxylic acids is 1. The SMILES string of the molecule is Cc1cc([S+](c2ccccc2)c2ccccc2)cc(C)c1C(=O)OCCC(F)(F)F.Cc1cc([S+](c2ccccc2)c2ccccc2)cc(C)c1OCC(=O)O. The van der Waals surface area contributed by atoms with Crippen LogP contribution in [0.25, 0.3) is 0 Å². The maximum atomic E-state index is 12.4. The van der Waals surface area contributed by atoms with Gasteiger partial charge in [-0.25, -0.2) is 9.59 Å². The number of rotatable bonds is 12. The number of aryl methyl sites for hydroxylation is 4. The van der Waals surface area contributed by atoms with E-state index in [4.69, 9.17) is 14.6 Å². The van der Waals surface area contributed by atoms with Crippen LogP contribution in [0.2, 0.25) is 0 Å². The van der Waals surface area contributed by atoms with Crippen LogP contribution in [0.4, 0.5) is 13.2 Å². The third kappa shape index (κ3) is 11.3. The molecule has 0 amide bonds. The summed E-state index contributed by atoms with van der Waals surface area (Å²) in [6, 6.07) is 49.1. The summed E-state index contributed by atoms with van der Waals surface area (Å²) < 4.78 is 47.4. The number of carboxylic acids is 1. The van der Waals surface area contributed by atoms with E-state index in [9.17, 15) is 22.8 Å². The highest BCUT2D eigenvalue weighted by atomic mass is 32.2. The van der Waals surface area contributed by atoms with Crippen molar-refractivity contribution in [1.29, 1.82) is 0 Å². The molecule has 6 aromatic carbocycles. The van der Waals surface area contributed by atoms with Crippen LogP contribution in [0.15, 0.2) is 175 Å². The molecule has 0 aliphatic heterocycles. The molecule has 0 spiro atoms. The van der Waals surface area contributed by atoms with Gasteiger partial charge < -0.3 is 14.6 Å². The van der Waals surface area contributed by atoms with Crippen molar-refractivity contribution in [2.45, 2.75) is 69.7 Å². The van der Waals surface area contributed by atoms with E-state index in [0.29, 0.717) is 22.4 Å². The first kappa shape index (κ1) is 41.7. The second-order valence-corrected chi connectivity index (χ2v) is 16.9. The quantitative estimate of drug-likeness (QED) is 0.0986. The molecule has 56 heavy (non-hydrogen) atoms. The summed E-state index contributed by atoms with van der Waals surface area (Å²) >= 11 is 0. The molecule has 0 unspecified atom stereocenters. The highest BCUT2D eigenvalue weighted by molar-refractivity contribution is 7.97. The van der Waals surface area contributed by atoms with Crippen LogP contribution >= 0.6 is 0 Å². The number of benzene rings is 6. The van der Waals surface area contributed by atoms with Crippen LogP contribution in [0.1, 0.15) is 39.0 Å². The number of aliphatic carboxylic acids is 1. The zero-order chi connectivity index (χ0) is 40.2. The molecule has 0 aromatic heterocycles. The Morgan fingerprint density at radius 2 is 0.893 bits per heavy atom. The minimum Gasteiger partial charge on any atom is -0.481 e. The van der Waals surface area contributed by atoms with Gasteiger partial charge in [-0.3, -0.25) is 0 Å². The molecule has 0 aliphatic rings. The minimum atomic E-state index is -4.35. The summed E-state index contributed by atoms with van der Waals surface area (Å²) in [5.41, 5.74) is 3.60. The lowest BCUT2D eigenvalue weighted by Gasteiger charge is -2.14. The summed E-state index contributed by atoms with van der Waals surface area (Å²) in [7, 11) is -0.603. The Balaban J connectivity index is 0.000000216. The number of halogens is 3. The lowest BCUT2D eigenvalue weighted by Crippen LogP contribution is -2.16. The molecule has 288 valence electrons. The van der Waals surface area contributed by atoms with E-state index >= 15 is 0 Å². The van der Waals surface area contributed by atoms with Crippen molar-refractivity contribution >= 4 is 33.7 Å². The fraction of sp³-hybridized carbons (Fsp3) is 0.174. The summed E-state index contributed by atoms with van der Waals surface area (Å²) in [5.74, 6) is -1.04. The van der Waals surface area contributed by atoms with Crippen LogP contribution in [-0.2, 0) is 31.3 Å². The Morgan fingerprint density at radius 1 is 0.554 bits per heavy atom. The first-order valence-electron chi connectivity index (χ1n) is 17.8. The van der Waals surface area contributed by atoms with Gasteiger partial charge in [0.25, 0.3) is 0 Å². The fourth-order valence-corrected chi connectivity index (χ4v) is 10.7. The van der Waals surface area contributed by atoms with Gasteiger partial charge in [0.15, 0.2) is 36.0 Å². The number of alkyl halides is 3. The fourth-order valence-electron chi connectivity index (χ4n) is 6.13. The van der Waals surface area contributed by atoms with Gasteiger partial charge >= 0.3 is 18.1 Å². The first-order valence-corrected chi connectivity index (χ1v) is 20.3. The number of hydrogen-bond donors (Lipinski definition) is 1. The number of carboxylic acid groups (broad SMARTS) is 1. The molecule has 6 rings (SSSR count). The number of ether oxygens (including phenoxy) is 2. The molecule has 10 heteroatoms. The molecule has 0 atom stereocenters. The Kier molecular flexibility index (Phi) is 14.5. The van der Waals surface area contributed by atoms with Gasteiger partial charge in [-0.1, -0.05) is 72.8 Å². The Hall–Kier alpha value is -5.45. The average molecular weight is 797 g/mol. The van der Waals surface area contributed by atoms with E-state index in [0.717, 1.165) is 25.8 Å². The van der Waals surface area contributed by atoms with Gasteiger partial charge in [0.1, 0.15) is 12.4 Å². The summed E-state index contributed by atoms with van der Waals surface area (Å²) in [5, 5.41) is 8.87. The van der Waals surface area contributed by atoms with Crippen LogP contribution in [0, 0.1) is 27.7 Å². The van der Waals surface area contributed by atoms with E-state index in [1.165, 1.54) is 14.7 Å². The van der Waals surface area contributed by atoms with E-state index in [1.54, 1.807) is 13.8 Å². The lowest BCUT2D eigenvalue weighted by atomic mass is 10.0. The molecule has 0 saturated heterocycles. The number of esters is 1. The minimum absolute atomic E-state index is 0.228. The molecular formula is C46H43F3O5S2+2. The standard InChI is InChI=1S/C24H22F3O2S.C22H20O3S/c1-17-15-21(16-18(2)22(17)23(28)29-14-13-24(25,26)27)30(19-9-5-3-6-10-19)20-11-7-4-8-12-20;1-16-13-20(14-17(2)22(16)25-15-21(23)24)26(18-9-5-3-6-10-18)19-11-7-4-8-12-19/h3-12,15-16H,13-14H2,1-2H3;3-14H,15H2,1-2H3/q+1;/p+1. The third-order valence-corrected chi connectivity index (χ3v) is 12.9. The first-order chi connectivity index (χ1) is 26.8. The van der Waals surface area contributed by atoms with Gasteiger partial charge in [-0.15, -0.1) is 0 Å². The lowest BCUT2D eigenvalue weighted by molar-refractivity contribution is -0.141. The summed E-state index contributed by atoms with van der Waals surface area (Å²) in [4.78, 5) is 30.2. The van der Waals surface area contributed by atoms with Gasteiger partial charge in [0.2, 0.25) is 0 Å². The van der Waals surface area contributed by atoms with Crippen LogP contribution in [0.3, 0.4) is 0 Å². The molecule has 6 aromatic rings. The van der Waals surface area contributed by atoms with E-state index in [2.05, 4.69) is 84.9 Å². The second-order valence-electron chi connectivity index (χ2n) is 12.9. The normalized spacial score (nSPS) is 11.2. The largest absolute Gasteiger partial charge is 0.481 e. The monoisotopic (exact) mass is 796 g/mol. The van der Waals surface area contributed by atoms with Crippen molar-refractivity contribution in [3.05, 3.63) is 173 Å². The van der Waals surface area contributed by atoms with E-state index < -0.39 is 31.1 Å². The highest BCUT2D eigenvalue weighted by Gasteiger charge is 2.32. The molecule has 5 nitrogen and oxygen atoms in total. The molecular weight excluding hydrogens is 754 g/mol. The van der Waals surface area contributed by atoms with Crippen molar-refractivity contribution in [3.63, 3.8) is 0 Å². The highest BCUT2D eigenvalue weighted by Crippen LogP contribution is 2.36. The molecule has 0 bridgehead atoms. The van der Waals surface area contributed by atoms with E-state index in [-0.39, 0.29) is 28.4 Å². The van der Waals surface area contributed by atoms with Crippen LogP contribution in [0.5, 0.6) is 5.75 Å². The number of carbonyl (C=O) groups is 2. The average Bonchev–Trinajstić information content (AvgIpc) is 3.16. The zero-order valence-electron chi connectivity index (χ0n) is 31.5. The van der Waals surface area contributed by atoms with E-state index in [1.807, 2.05) is 74.5 Å². The Labute approximate surface area is 331 Å². The zero-order valence-corrected chi connectivity index (χ0v) is 33.1. The van der Waals surface area contributed by atoms with Gasteiger partial charge in [0.05, 0.1) is 33.8 Å². The van der Waals surface area contributed by atoms with Gasteiger partial charge in [0, 0.05) is 12.1 Å². The molecule has 0 heterocycles. The predicted octanol–water partition coefficient (Wildman–Crippen LogP) is 11.4. The maximum Gasteiger partial charge on any atom is 0.392 e. The Morgan fingerprint density at radius 3 is 1.21 bits per heavy atom. The van der Waals surface area contributed by atoms with Gasteiger partial charge in [-0.05, 0) is 111 Å². The second kappa shape index (κ2) is 19.4. The van der Waals surface area contributed by atoms with Crippen molar-refractivity contribution in [1.82, 2.24) is 0 Å². The van der Waals surface area contributed by atoms with Crippen molar-refractivity contribution in [2.24, 2.45) is 0 Å². The summed E-state index contributed by atoms with van der Waals surface area (Å²) in [6.45, 7) is 6.49. The van der Waals surface area contributed by atoms with Crippen molar-refractivity contribution in [2.75, 3.05) is 13.2 Å². The predicted molar refractivity (Wildman–Crippen MR) is 216 cm³/mol. The number of hydrogen-bond acceptors (Lipinski definition) is 4. The topological polar surface area (TPSA) is 72.8 Å². The summed E-state index contributed by atoms with van der Waals surface area (Å²) in [6.07, 6.45) is -5.51. The van der Waals surface area contributed by atoms with Crippen molar-refractivity contribution < 1.29 is 37.3 Å². The van der Waals surface area contributed by atoms with Crippen molar-refractivity contribution in [3.8, 4) is 5.75 Å². The molecule has 0 aliphatic carbocycles. The maximum absolute atomic E-state index is 12.4. The van der Waals surface area contributed by atoms with Crippen LogP contribution < -0.4 is 4.74 Å². The molecule has 1 N–H and O–H groups in total. The molecule has 0 fully saturated rings. The van der Waals surface area contributed by atoms with Crippen LogP contribution in [-0.4, -0.2) is 36.4 Å².